The van der Waals surface area contributed by atoms with Crippen molar-refractivity contribution < 1.29 is 9.59 Å². The van der Waals surface area contributed by atoms with E-state index in [1.165, 1.54) is 5.56 Å². The Labute approximate surface area is 185 Å². The standard InChI is InChI=1S/C25H34N2O2S/c1-5-20(4)26-25(29)23(6-2)27(18-21-14-12-19(3)13-15-21)24(28)16-17-30-22-10-8-7-9-11-22/h7-15,20,23H,5-6,16-18H2,1-4H3,(H,26,29)/t20-,23+/m1/s1. The summed E-state index contributed by atoms with van der Waals surface area (Å²) in [6.07, 6.45) is 1.85. The number of aryl methyl sites for hydroxylation is 1. The molecule has 0 bridgehead atoms. The molecule has 4 nitrogen and oxygen atoms in total. The maximum atomic E-state index is 13.2. The minimum Gasteiger partial charge on any atom is -0.352 e. The molecule has 2 atom stereocenters. The van der Waals surface area contributed by atoms with Crippen LogP contribution in [0.2, 0.25) is 0 Å². The van der Waals surface area contributed by atoms with Crippen molar-refractivity contribution in [2.75, 3.05) is 5.75 Å². The van der Waals surface area contributed by atoms with Crippen molar-refractivity contribution in [3.05, 3.63) is 65.7 Å². The van der Waals surface area contributed by atoms with Crippen molar-refractivity contribution in [3.8, 4) is 0 Å². The third-order valence-electron chi connectivity index (χ3n) is 5.19. The zero-order chi connectivity index (χ0) is 21.9. The van der Waals surface area contributed by atoms with Crippen LogP contribution < -0.4 is 5.32 Å². The maximum absolute atomic E-state index is 13.2. The number of amides is 2. The quantitative estimate of drug-likeness (QED) is 0.503. The van der Waals surface area contributed by atoms with Gasteiger partial charge in [0.25, 0.3) is 0 Å². The van der Waals surface area contributed by atoms with Crippen molar-refractivity contribution in [2.24, 2.45) is 0 Å². The lowest BCUT2D eigenvalue weighted by Crippen LogP contribution is -2.50. The number of rotatable bonds is 11. The molecule has 0 spiro atoms. The Bertz CT molecular complexity index is 793. The first-order chi connectivity index (χ1) is 14.4. The second-order valence-corrected chi connectivity index (χ2v) is 8.83. The van der Waals surface area contributed by atoms with Crippen molar-refractivity contribution in [1.29, 1.82) is 0 Å². The highest BCUT2D eigenvalue weighted by atomic mass is 32.2. The molecule has 0 aliphatic carbocycles. The Morgan fingerprint density at radius 2 is 1.67 bits per heavy atom. The first-order valence-corrected chi connectivity index (χ1v) is 11.8. The summed E-state index contributed by atoms with van der Waals surface area (Å²) in [5, 5.41) is 3.05. The van der Waals surface area contributed by atoms with Gasteiger partial charge in [-0.25, -0.2) is 0 Å². The van der Waals surface area contributed by atoms with Crippen LogP contribution in [0.25, 0.3) is 0 Å². The van der Waals surface area contributed by atoms with Gasteiger partial charge in [0.2, 0.25) is 11.8 Å². The monoisotopic (exact) mass is 426 g/mol. The predicted molar refractivity (Wildman–Crippen MR) is 125 cm³/mol. The molecule has 0 radical (unpaired) electrons. The normalized spacial score (nSPS) is 12.8. The third-order valence-corrected chi connectivity index (χ3v) is 6.20. The fourth-order valence-corrected chi connectivity index (χ4v) is 4.03. The average Bonchev–Trinajstić information content (AvgIpc) is 2.75. The fourth-order valence-electron chi connectivity index (χ4n) is 3.17. The summed E-state index contributed by atoms with van der Waals surface area (Å²) >= 11 is 1.67. The van der Waals surface area contributed by atoms with Crippen LogP contribution in [0.5, 0.6) is 0 Å². The lowest BCUT2D eigenvalue weighted by Gasteiger charge is -2.31. The highest BCUT2D eigenvalue weighted by Crippen LogP contribution is 2.20. The van der Waals surface area contributed by atoms with E-state index < -0.39 is 6.04 Å². The van der Waals surface area contributed by atoms with Gasteiger partial charge in [-0.1, -0.05) is 61.9 Å². The van der Waals surface area contributed by atoms with Crippen molar-refractivity contribution in [2.45, 2.75) is 70.5 Å². The van der Waals surface area contributed by atoms with E-state index in [0.717, 1.165) is 16.9 Å². The fraction of sp³-hybridized carbons (Fsp3) is 0.440. The molecule has 0 aromatic heterocycles. The Morgan fingerprint density at radius 1 is 1.00 bits per heavy atom. The minimum absolute atomic E-state index is 0.0187. The molecule has 0 fully saturated rings. The van der Waals surface area contributed by atoms with E-state index in [9.17, 15) is 9.59 Å². The van der Waals surface area contributed by atoms with Crippen LogP contribution in [0, 0.1) is 6.92 Å². The molecule has 2 amide bonds. The molecule has 2 rings (SSSR count). The van der Waals surface area contributed by atoms with Crippen LogP contribution in [0.15, 0.2) is 59.5 Å². The van der Waals surface area contributed by atoms with Gasteiger partial charge in [0.1, 0.15) is 6.04 Å². The van der Waals surface area contributed by atoms with Crippen molar-refractivity contribution >= 4 is 23.6 Å². The first-order valence-electron chi connectivity index (χ1n) is 10.8. The van der Waals surface area contributed by atoms with E-state index in [0.29, 0.717) is 25.1 Å². The van der Waals surface area contributed by atoms with Crippen LogP contribution >= 0.6 is 11.8 Å². The highest BCUT2D eigenvalue weighted by Gasteiger charge is 2.28. The predicted octanol–water partition coefficient (Wildman–Crippen LogP) is 5.20. The Hall–Kier alpha value is -2.27. The van der Waals surface area contributed by atoms with E-state index in [2.05, 4.69) is 5.32 Å². The largest absolute Gasteiger partial charge is 0.352 e. The summed E-state index contributed by atoms with van der Waals surface area (Å²) in [7, 11) is 0. The van der Waals surface area contributed by atoms with Gasteiger partial charge in [-0.05, 0) is 44.4 Å². The summed E-state index contributed by atoms with van der Waals surface area (Å²) < 4.78 is 0. The highest BCUT2D eigenvalue weighted by molar-refractivity contribution is 7.99. The molecule has 162 valence electrons. The van der Waals surface area contributed by atoms with Gasteiger partial charge >= 0.3 is 0 Å². The molecule has 0 aliphatic heterocycles. The van der Waals surface area contributed by atoms with Gasteiger partial charge in [-0.2, -0.15) is 0 Å². The molecule has 1 N–H and O–H groups in total. The number of thioether (sulfide) groups is 1. The van der Waals surface area contributed by atoms with Crippen molar-refractivity contribution in [3.63, 3.8) is 0 Å². The first kappa shape index (κ1) is 24.0. The maximum Gasteiger partial charge on any atom is 0.243 e. The smallest absolute Gasteiger partial charge is 0.243 e. The second kappa shape index (κ2) is 12.4. The van der Waals surface area contributed by atoms with E-state index in [-0.39, 0.29) is 17.9 Å². The molecule has 30 heavy (non-hydrogen) atoms. The van der Waals surface area contributed by atoms with Gasteiger partial charge < -0.3 is 10.2 Å². The summed E-state index contributed by atoms with van der Waals surface area (Å²) in [6.45, 7) is 8.49. The molecule has 0 unspecified atom stereocenters. The topological polar surface area (TPSA) is 49.4 Å². The summed E-state index contributed by atoms with van der Waals surface area (Å²) in [5.41, 5.74) is 2.22. The minimum atomic E-state index is -0.463. The molecule has 0 saturated heterocycles. The third kappa shape index (κ3) is 7.52. The van der Waals surface area contributed by atoms with Crippen LogP contribution in [0.1, 0.15) is 51.2 Å². The number of hydrogen-bond acceptors (Lipinski definition) is 3. The van der Waals surface area contributed by atoms with Crippen molar-refractivity contribution in [1.82, 2.24) is 10.2 Å². The molecule has 5 heteroatoms. The van der Waals surface area contributed by atoms with E-state index in [1.807, 2.05) is 82.3 Å². The molecule has 2 aromatic carbocycles. The number of nitrogens with one attached hydrogen (secondary N) is 1. The van der Waals surface area contributed by atoms with E-state index >= 15 is 0 Å². The van der Waals surface area contributed by atoms with E-state index in [1.54, 1.807) is 16.7 Å². The van der Waals surface area contributed by atoms with Gasteiger partial charge in [0.05, 0.1) is 0 Å². The number of benzene rings is 2. The molecule has 2 aromatic rings. The lowest BCUT2D eigenvalue weighted by atomic mass is 10.1. The molecule has 0 aliphatic rings. The summed E-state index contributed by atoms with van der Waals surface area (Å²) in [4.78, 5) is 29.0. The van der Waals surface area contributed by atoms with Gasteiger partial charge in [0, 0.05) is 29.7 Å². The van der Waals surface area contributed by atoms with Crippen LogP contribution in [-0.4, -0.2) is 34.6 Å². The summed E-state index contributed by atoms with van der Waals surface area (Å²) in [6, 6.07) is 17.9. The number of carbonyl (C=O) groups excluding carboxylic acids is 2. The van der Waals surface area contributed by atoms with Gasteiger partial charge in [0.15, 0.2) is 0 Å². The van der Waals surface area contributed by atoms with Crippen LogP contribution in [0.3, 0.4) is 0 Å². The number of hydrogen-bond donors (Lipinski definition) is 1. The van der Waals surface area contributed by atoms with Gasteiger partial charge in [-0.15, -0.1) is 11.8 Å². The van der Waals surface area contributed by atoms with Crippen LogP contribution in [-0.2, 0) is 16.1 Å². The SMILES string of the molecule is CC[C@@H](C)NC(=O)[C@H](CC)N(Cc1ccc(C)cc1)C(=O)CCSc1ccccc1. The second-order valence-electron chi connectivity index (χ2n) is 7.66. The molecular formula is C25H34N2O2S. The van der Waals surface area contributed by atoms with Gasteiger partial charge in [-0.3, -0.25) is 9.59 Å². The zero-order valence-electron chi connectivity index (χ0n) is 18.6. The number of nitrogens with zero attached hydrogens (tertiary/aromatic N) is 1. The Kier molecular flexibility index (Phi) is 9.95. The lowest BCUT2D eigenvalue weighted by molar-refractivity contribution is -0.141. The summed E-state index contributed by atoms with van der Waals surface area (Å²) in [5.74, 6) is 0.643. The number of carbonyl (C=O) groups is 2. The Morgan fingerprint density at radius 3 is 2.27 bits per heavy atom. The molecule has 0 saturated carbocycles. The molecule has 0 heterocycles. The van der Waals surface area contributed by atoms with Crippen LogP contribution in [0.4, 0.5) is 0 Å². The zero-order valence-corrected chi connectivity index (χ0v) is 19.4. The molecular weight excluding hydrogens is 392 g/mol. The Balaban J connectivity index is 2.12. The van der Waals surface area contributed by atoms with E-state index in [4.69, 9.17) is 0 Å². The average molecular weight is 427 g/mol.